The van der Waals surface area contributed by atoms with E-state index in [-0.39, 0.29) is 16.3 Å². The number of ether oxygens (including phenoxy) is 2. The van der Waals surface area contributed by atoms with Crippen molar-refractivity contribution < 1.29 is 39.2 Å². The molecule has 4 aliphatic heterocycles. The third-order valence-corrected chi connectivity index (χ3v) is 12.1. The van der Waals surface area contributed by atoms with Gasteiger partial charge in [0.1, 0.15) is 29.8 Å². The van der Waals surface area contributed by atoms with Crippen LogP contribution in [0.2, 0.25) is 5.02 Å². The van der Waals surface area contributed by atoms with Crippen molar-refractivity contribution in [2.45, 2.75) is 98.4 Å². The quantitative estimate of drug-likeness (QED) is 0.316. The molecule has 2 N–H and O–H groups in total. The lowest BCUT2D eigenvalue weighted by Crippen LogP contribution is -2.67. The average Bonchev–Trinajstić information content (AvgIpc) is 3.31. The number of hydrogen-bond acceptors (Lipinski definition) is 11. The van der Waals surface area contributed by atoms with Crippen LogP contribution in [0.25, 0.3) is 0 Å². The van der Waals surface area contributed by atoms with Gasteiger partial charge in [0.15, 0.2) is 17.4 Å². The summed E-state index contributed by atoms with van der Waals surface area (Å²) in [6.45, 7) is 5.53. The number of rotatable bonds is 8. The molecule has 6 rings (SSSR count). The van der Waals surface area contributed by atoms with Gasteiger partial charge in [-0.1, -0.05) is 11.6 Å². The summed E-state index contributed by atoms with van der Waals surface area (Å²) >= 11 is 8.83. The zero-order valence-corrected chi connectivity index (χ0v) is 28.5. The number of hydroxylamine groups is 2. The number of likely N-dealkylation sites (tertiary alicyclic amines) is 1. The predicted octanol–water partition coefficient (Wildman–Crippen LogP) is 2.54. The topological polar surface area (TPSA) is 132 Å². The largest absolute Gasteiger partial charge is 0.544 e. The van der Waals surface area contributed by atoms with Crippen molar-refractivity contribution in [3.05, 3.63) is 52.5 Å². The Kier molecular flexibility index (Phi) is 8.68. The molecule has 46 heavy (non-hydrogen) atoms. The molecule has 8 atom stereocenters. The molecule has 2 aromatic rings. The molecule has 0 radical (unpaired) electrons. The van der Waals surface area contributed by atoms with E-state index in [0.717, 1.165) is 43.3 Å². The highest BCUT2D eigenvalue weighted by atomic mass is 35.5. The summed E-state index contributed by atoms with van der Waals surface area (Å²) in [4.78, 5) is 36.3. The van der Waals surface area contributed by atoms with Crippen LogP contribution >= 0.6 is 23.4 Å². The number of halogens is 1. The number of methoxy groups -OCH3 is 1. The van der Waals surface area contributed by atoms with E-state index in [0.29, 0.717) is 40.2 Å². The summed E-state index contributed by atoms with van der Waals surface area (Å²) in [5, 5.41) is 37.3. The maximum absolute atomic E-state index is 12.6. The Morgan fingerprint density at radius 2 is 1.85 bits per heavy atom. The molecule has 4 aliphatic rings. The van der Waals surface area contributed by atoms with Crippen LogP contribution in [0.1, 0.15) is 50.7 Å². The van der Waals surface area contributed by atoms with E-state index in [1.807, 2.05) is 37.9 Å². The van der Waals surface area contributed by atoms with Crippen LogP contribution in [0.15, 0.2) is 41.3 Å². The van der Waals surface area contributed by atoms with Gasteiger partial charge in [0, 0.05) is 29.2 Å². The lowest BCUT2D eigenvalue weighted by atomic mass is 9.82. The van der Waals surface area contributed by atoms with Crippen molar-refractivity contribution in [3.8, 4) is 5.75 Å². The number of esters is 1. The fourth-order valence-corrected chi connectivity index (χ4v) is 9.93. The van der Waals surface area contributed by atoms with E-state index in [9.17, 15) is 24.9 Å². The number of fused-ring (bicyclic) bond motifs is 5. The molecule has 2 aromatic carbocycles. The van der Waals surface area contributed by atoms with Crippen LogP contribution < -0.4 is 14.5 Å². The van der Waals surface area contributed by atoms with Gasteiger partial charge in [-0.2, -0.15) is 4.84 Å². The van der Waals surface area contributed by atoms with E-state index in [2.05, 4.69) is 17.0 Å². The minimum Gasteiger partial charge on any atom is -0.544 e. The number of aliphatic hydroxyl groups is 2. The SMILES string of the molecule is COc1ccc(SC2CC3CCC(C2)N3CC(C)[N@+]2(C)O[C@H]3N(C)[C@@](OC(C)=O)(C(=O)[O-])[C@@H](O)[C@]3(O)c3cc(C)cc(Cl)c32)cc1. The maximum atomic E-state index is 12.6. The van der Waals surface area contributed by atoms with Crippen molar-refractivity contribution in [2.75, 3.05) is 27.7 Å². The molecule has 11 nitrogen and oxygen atoms in total. The third-order valence-electron chi connectivity index (χ3n) is 10.6. The molecule has 3 unspecified atom stereocenters. The second-order valence-electron chi connectivity index (χ2n) is 13.3. The number of nitrogens with zero attached hydrogens (tertiary/aromatic N) is 3. The maximum Gasteiger partial charge on any atom is 0.304 e. The van der Waals surface area contributed by atoms with E-state index in [1.54, 1.807) is 26.2 Å². The van der Waals surface area contributed by atoms with Crippen molar-refractivity contribution in [1.29, 1.82) is 0 Å². The number of carboxylic acids is 1. The van der Waals surface area contributed by atoms with Crippen molar-refractivity contribution in [2.24, 2.45) is 0 Å². The molecule has 2 bridgehead atoms. The number of likely N-dealkylation sites (N-methyl/N-ethyl adjacent to an activating group) is 2. The van der Waals surface area contributed by atoms with Gasteiger partial charge >= 0.3 is 5.97 Å². The number of aryl methyl sites for hydroxylation is 1. The summed E-state index contributed by atoms with van der Waals surface area (Å²) in [5.74, 6) is -2.00. The minimum atomic E-state index is -2.71. The lowest BCUT2D eigenvalue weighted by molar-refractivity contribution is -0.345. The van der Waals surface area contributed by atoms with Crippen LogP contribution in [0, 0.1) is 6.92 Å². The van der Waals surface area contributed by atoms with Crippen LogP contribution in [-0.2, 0) is 24.8 Å². The summed E-state index contributed by atoms with van der Waals surface area (Å²) in [6.07, 6.45) is 0.727. The first-order chi connectivity index (χ1) is 21.7. The summed E-state index contributed by atoms with van der Waals surface area (Å²) in [5.41, 5.74) is -3.70. The summed E-state index contributed by atoms with van der Waals surface area (Å²) in [7, 11) is 4.83. The first-order valence-electron chi connectivity index (χ1n) is 15.6. The standard InChI is InChI=1S/C33H42ClN3O8S/c1-18-13-26-28(27(34)14-18)37(5,45-30-32(26,42)29(39)33(31(40)41,35(30)4)44-20(3)38)19(2)17-36-21-7-8-22(36)16-25(15-21)46-24-11-9-23(43-6)10-12-24/h9-14,19,21-22,25,29-30,39,42H,7-8,15-17H2,1-6H3/t19?,21?,22?,25?,29-,30+,32+,33-,37-/m0/s1. The van der Waals surface area contributed by atoms with Crippen LogP contribution in [-0.4, -0.2) is 101 Å². The van der Waals surface area contributed by atoms with Crippen molar-refractivity contribution >= 4 is 41.0 Å². The molecule has 0 saturated carbocycles. The molecule has 0 amide bonds. The first-order valence-corrected chi connectivity index (χ1v) is 16.9. The second kappa shape index (κ2) is 11.9. The minimum absolute atomic E-state index is 0.207. The molecule has 13 heteroatoms. The summed E-state index contributed by atoms with van der Waals surface area (Å²) in [6, 6.07) is 12.2. The number of carbonyl (C=O) groups is 2. The fraction of sp³-hybridized carbons (Fsp3) is 0.576. The van der Waals surface area contributed by atoms with Gasteiger partial charge in [-0.25, -0.2) is 4.90 Å². The van der Waals surface area contributed by atoms with Gasteiger partial charge < -0.3 is 29.6 Å². The average molecular weight is 676 g/mol. The van der Waals surface area contributed by atoms with Crippen LogP contribution in [0.3, 0.4) is 0 Å². The normalized spacial score (nSPS) is 36.2. The number of aliphatic hydroxyl groups excluding tert-OH is 1. The molecule has 0 aliphatic carbocycles. The predicted molar refractivity (Wildman–Crippen MR) is 171 cm³/mol. The number of carbonyl (C=O) groups excluding carboxylic acids is 2. The number of benzene rings is 2. The van der Waals surface area contributed by atoms with Gasteiger partial charge in [-0.3, -0.25) is 9.69 Å². The number of carboxylic acid groups (broad SMARTS) is 1. The zero-order valence-electron chi connectivity index (χ0n) is 26.9. The Balaban J connectivity index is 1.30. The number of aliphatic carboxylic acids is 1. The van der Waals surface area contributed by atoms with E-state index in [1.165, 1.54) is 11.9 Å². The Labute approximate surface area is 278 Å². The number of thioether (sulfide) groups is 1. The molecule has 0 aromatic heterocycles. The first kappa shape index (κ1) is 33.5. The highest BCUT2D eigenvalue weighted by Gasteiger charge is 2.75. The fourth-order valence-electron chi connectivity index (χ4n) is 8.17. The van der Waals surface area contributed by atoms with Crippen molar-refractivity contribution in [1.82, 2.24) is 14.4 Å². The Morgan fingerprint density at radius 3 is 2.41 bits per heavy atom. The highest BCUT2D eigenvalue weighted by Crippen LogP contribution is 2.57. The number of piperidine rings is 1. The Hall–Kier alpha value is -2.42. The molecule has 0 spiro atoms. The molecular weight excluding hydrogens is 634 g/mol. The molecule has 4 heterocycles. The number of quaternary nitrogens is 1. The smallest absolute Gasteiger partial charge is 0.304 e. The van der Waals surface area contributed by atoms with Crippen molar-refractivity contribution in [3.63, 3.8) is 0 Å². The second-order valence-corrected chi connectivity index (χ2v) is 15.1. The molecular formula is C33H42ClN3O8S. The zero-order chi connectivity index (χ0) is 33.3. The van der Waals surface area contributed by atoms with Crippen LogP contribution in [0.5, 0.6) is 5.75 Å². The van der Waals surface area contributed by atoms with Gasteiger partial charge in [-0.15, -0.1) is 16.4 Å². The molecule has 250 valence electrons. The van der Waals surface area contributed by atoms with E-state index >= 15 is 0 Å². The van der Waals surface area contributed by atoms with Gasteiger partial charge in [0.05, 0.1) is 19.2 Å². The van der Waals surface area contributed by atoms with Crippen LogP contribution in [0.4, 0.5) is 5.69 Å². The highest BCUT2D eigenvalue weighted by molar-refractivity contribution is 8.00. The van der Waals surface area contributed by atoms with Gasteiger partial charge in [0.25, 0.3) is 0 Å². The van der Waals surface area contributed by atoms with E-state index < -0.39 is 35.6 Å². The van der Waals surface area contributed by atoms with Gasteiger partial charge in [0.2, 0.25) is 12.0 Å². The molecule has 3 saturated heterocycles. The monoisotopic (exact) mass is 675 g/mol. The van der Waals surface area contributed by atoms with E-state index in [4.69, 9.17) is 25.9 Å². The Bertz CT molecular complexity index is 1520. The summed E-state index contributed by atoms with van der Waals surface area (Å²) < 4.78 is 10.3. The third kappa shape index (κ3) is 5.04. The Morgan fingerprint density at radius 1 is 1.22 bits per heavy atom. The number of hydrogen-bond donors (Lipinski definition) is 2. The van der Waals surface area contributed by atoms with Gasteiger partial charge in [-0.05, 0) is 88.5 Å². The lowest BCUT2D eigenvalue weighted by Gasteiger charge is -2.50. The molecule has 3 fully saturated rings.